The van der Waals surface area contributed by atoms with E-state index in [0.717, 1.165) is 0 Å². The highest BCUT2D eigenvalue weighted by atomic mass is 32.2. The van der Waals surface area contributed by atoms with Crippen molar-refractivity contribution in [1.29, 1.82) is 0 Å². The monoisotopic (exact) mass is 370 g/mol. The Morgan fingerprint density at radius 3 is 2.60 bits per heavy atom. The Morgan fingerprint density at radius 2 is 2.00 bits per heavy atom. The minimum absolute atomic E-state index is 0.0765. The molecule has 0 atom stereocenters. The lowest BCUT2D eigenvalue weighted by Gasteiger charge is -2.31. The van der Waals surface area contributed by atoms with Crippen molar-refractivity contribution in [3.05, 3.63) is 29.8 Å². The van der Waals surface area contributed by atoms with Gasteiger partial charge in [0.2, 0.25) is 10.0 Å². The third-order valence-electron chi connectivity index (χ3n) is 4.01. The van der Waals surface area contributed by atoms with Crippen LogP contribution in [0.3, 0.4) is 0 Å². The highest BCUT2D eigenvalue weighted by molar-refractivity contribution is 7.89. The van der Waals surface area contributed by atoms with Gasteiger partial charge in [-0.05, 0) is 38.0 Å². The molecule has 0 bridgehead atoms. The quantitative estimate of drug-likeness (QED) is 0.730. The molecule has 0 spiro atoms. The van der Waals surface area contributed by atoms with Crippen LogP contribution in [0.4, 0.5) is 0 Å². The summed E-state index contributed by atoms with van der Waals surface area (Å²) in [6.07, 6.45) is 1.11. The van der Waals surface area contributed by atoms with Gasteiger partial charge in [0.1, 0.15) is 5.75 Å². The van der Waals surface area contributed by atoms with Crippen LogP contribution >= 0.6 is 0 Å². The van der Waals surface area contributed by atoms with Crippen molar-refractivity contribution in [2.45, 2.75) is 25.8 Å². The van der Waals surface area contributed by atoms with Crippen LogP contribution in [0.5, 0.6) is 5.75 Å². The van der Waals surface area contributed by atoms with Gasteiger partial charge in [0.15, 0.2) is 6.61 Å². The summed E-state index contributed by atoms with van der Waals surface area (Å²) in [6.45, 7) is 1.92. The van der Waals surface area contributed by atoms with Crippen molar-refractivity contribution in [1.82, 2.24) is 9.62 Å². The lowest BCUT2D eigenvalue weighted by molar-refractivity contribution is -0.139. The lowest BCUT2D eigenvalue weighted by Crippen LogP contribution is -2.46. The van der Waals surface area contributed by atoms with Crippen LogP contribution in [0, 0.1) is 0 Å². The van der Waals surface area contributed by atoms with E-state index in [1.165, 1.54) is 10.4 Å². The molecule has 1 fully saturated rings. The van der Waals surface area contributed by atoms with E-state index < -0.39 is 22.6 Å². The first-order valence-corrected chi connectivity index (χ1v) is 9.66. The highest BCUT2D eigenvalue weighted by Gasteiger charge is 2.27. The van der Waals surface area contributed by atoms with Crippen molar-refractivity contribution in [2.24, 2.45) is 0 Å². The fourth-order valence-corrected chi connectivity index (χ4v) is 3.73. The van der Waals surface area contributed by atoms with Gasteiger partial charge in [-0.1, -0.05) is 6.07 Å². The number of nitrogens with zero attached hydrogens (tertiary/aromatic N) is 1. The second kappa shape index (κ2) is 8.30. The van der Waals surface area contributed by atoms with Crippen molar-refractivity contribution in [2.75, 3.05) is 25.4 Å². The standard InChI is InChI=1S/C16H22N2O6S/c1-2-25(22,23)18-8-6-13(7-9-18)17-16(21)12-4-3-5-14(10-12)24-11-15(19)20/h3-5,10,13H,2,6-9,11H2,1H3,(H,17,21)(H,19,20). The van der Waals surface area contributed by atoms with Crippen LogP contribution in [0.1, 0.15) is 30.1 Å². The molecule has 2 rings (SSSR count). The van der Waals surface area contributed by atoms with Crippen LogP contribution < -0.4 is 10.1 Å². The third-order valence-corrected chi connectivity index (χ3v) is 5.89. The van der Waals surface area contributed by atoms with Gasteiger partial charge in [0.25, 0.3) is 5.91 Å². The number of carboxylic acids is 1. The summed E-state index contributed by atoms with van der Waals surface area (Å²) in [6, 6.07) is 6.18. The number of benzene rings is 1. The number of carbonyl (C=O) groups is 2. The minimum Gasteiger partial charge on any atom is -0.482 e. The van der Waals surface area contributed by atoms with E-state index in [9.17, 15) is 18.0 Å². The maximum Gasteiger partial charge on any atom is 0.341 e. The molecule has 0 unspecified atom stereocenters. The Hall–Kier alpha value is -2.13. The number of piperidine rings is 1. The highest BCUT2D eigenvalue weighted by Crippen LogP contribution is 2.17. The first-order valence-electron chi connectivity index (χ1n) is 8.05. The zero-order valence-corrected chi connectivity index (χ0v) is 14.8. The molecule has 1 aliphatic rings. The Morgan fingerprint density at radius 1 is 1.32 bits per heavy atom. The van der Waals surface area contributed by atoms with Gasteiger partial charge in [-0.25, -0.2) is 17.5 Å². The molecule has 1 aromatic rings. The van der Waals surface area contributed by atoms with Crippen LogP contribution in [-0.4, -0.2) is 61.2 Å². The number of amides is 1. The summed E-state index contributed by atoms with van der Waals surface area (Å²) in [5, 5.41) is 11.5. The average Bonchev–Trinajstić information content (AvgIpc) is 2.60. The number of rotatable bonds is 7. The van der Waals surface area contributed by atoms with Gasteiger partial charge in [0.05, 0.1) is 5.75 Å². The first-order chi connectivity index (χ1) is 11.8. The summed E-state index contributed by atoms with van der Waals surface area (Å²) in [5.41, 5.74) is 0.367. The number of hydrogen-bond acceptors (Lipinski definition) is 5. The van der Waals surface area contributed by atoms with E-state index >= 15 is 0 Å². The molecule has 0 saturated carbocycles. The van der Waals surface area contributed by atoms with Crippen molar-refractivity contribution < 1.29 is 27.9 Å². The van der Waals surface area contributed by atoms with Crippen molar-refractivity contribution in [3.8, 4) is 5.75 Å². The minimum atomic E-state index is -3.19. The summed E-state index contributed by atoms with van der Waals surface area (Å²) in [5.74, 6) is -1.01. The summed E-state index contributed by atoms with van der Waals surface area (Å²) >= 11 is 0. The number of aliphatic carboxylic acids is 1. The van der Waals surface area contributed by atoms with Gasteiger partial charge in [-0.15, -0.1) is 0 Å². The molecule has 8 nitrogen and oxygen atoms in total. The normalized spacial score (nSPS) is 16.4. The molecule has 138 valence electrons. The molecule has 0 aliphatic carbocycles. The van der Waals surface area contributed by atoms with E-state index in [0.29, 0.717) is 37.2 Å². The number of hydrogen-bond donors (Lipinski definition) is 2. The van der Waals surface area contributed by atoms with Gasteiger partial charge >= 0.3 is 5.97 Å². The summed E-state index contributed by atoms with van der Waals surface area (Å²) in [7, 11) is -3.19. The second-order valence-electron chi connectivity index (χ2n) is 5.76. The molecule has 25 heavy (non-hydrogen) atoms. The number of nitrogens with one attached hydrogen (secondary N) is 1. The zero-order chi connectivity index (χ0) is 18.4. The van der Waals surface area contributed by atoms with Crippen molar-refractivity contribution in [3.63, 3.8) is 0 Å². The molecule has 1 aliphatic heterocycles. The fourth-order valence-electron chi connectivity index (χ4n) is 2.60. The maximum atomic E-state index is 12.3. The predicted molar refractivity (Wildman–Crippen MR) is 91.1 cm³/mol. The largest absolute Gasteiger partial charge is 0.482 e. The van der Waals surface area contributed by atoms with E-state index in [1.807, 2.05) is 0 Å². The molecule has 9 heteroatoms. The van der Waals surface area contributed by atoms with Crippen LogP contribution in [0.25, 0.3) is 0 Å². The molecular formula is C16H22N2O6S. The molecule has 2 N–H and O–H groups in total. The van der Waals surface area contributed by atoms with Crippen LogP contribution in [-0.2, 0) is 14.8 Å². The second-order valence-corrected chi connectivity index (χ2v) is 8.02. The number of sulfonamides is 1. The van der Waals surface area contributed by atoms with E-state index in [1.54, 1.807) is 25.1 Å². The Kier molecular flexibility index (Phi) is 6.38. The smallest absolute Gasteiger partial charge is 0.341 e. The van der Waals surface area contributed by atoms with Gasteiger partial charge in [-0.3, -0.25) is 4.79 Å². The lowest BCUT2D eigenvalue weighted by atomic mass is 10.1. The molecule has 1 aromatic carbocycles. The van der Waals surface area contributed by atoms with Gasteiger partial charge in [0, 0.05) is 24.7 Å². The van der Waals surface area contributed by atoms with E-state index in [2.05, 4.69) is 5.32 Å². The molecule has 0 radical (unpaired) electrons. The summed E-state index contributed by atoms with van der Waals surface area (Å²) in [4.78, 5) is 22.8. The summed E-state index contributed by atoms with van der Waals surface area (Å²) < 4.78 is 30.2. The maximum absolute atomic E-state index is 12.3. The Bertz CT molecular complexity index is 726. The number of carboxylic acid groups (broad SMARTS) is 1. The topological polar surface area (TPSA) is 113 Å². The fraction of sp³-hybridized carbons (Fsp3) is 0.500. The van der Waals surface area contributed by atoms with Crippen LogP contribution in [0.15, 0.2) is 24.3 Å². The van der Waals surface area contributed by atoms with Gasteiger partial charge < -0.3 is 15.2 Å². The number of ether oxygens (including phenoxy) is 1. The molecular weight excluding hydrogens is 348 g/mol. The zero-order valence-electron chi connectivity index (χ0n) is 14.0. The Balaban J connectivity index is 1.90. The third kappa shape index (κ3) is 5.43. The first kappa shape index (κ1) is 19.2. The van der Waals surface area contributed by atoms with Gasteiger partial charge in [-0.2, -0.15) is 0 Å². The Labute approximate surface area is 146 Å². The van der Waals surface area contributed by atoms with Crippen LogP contribution in [0.2, 0.25) is 0 Å². The molecule has 1 amide bonds. The number of carbonyl (C=O) groups excluding carboxylic acids is 1. The SMILES string of the molecule is CCS(=O)(=O)N1CCC(NC(=O)c2cccc(OCC(=O)O)c2)CC1. The van der Waals surface area contributed by atoms with E-state index in [4.69, 9.17) is 9.84 Å². The molecule has 0 aromatic heterocycles. The predicted octanol–water partition coefficient (Wildman–Crippen LogP) is 0.694. The molecule has 1 heterocycles. The average molecular weight is 370 g/mol. The molecule has 1 saturated heterocycles. The van der Waals surface area contributed by atoms with E-state index in [-0.39, 0.29) is 17.7 Å². The van der Waals surface area contributed by atoms with Crippen molar-refractivity contribution >= 4 is 21.9 Å².